The molecule has 0 aliphatic heterocycles. The number of carbonyl (C=O) groups is 2. The van der Waals surface area contributed by atoms with E-state index in [0.717, 1.165) is 12.1 Å². The molecule has 4 rings (SSSR count). The number of phenolic OH excluding ortho intramolecular Hbond substituents is 1. The normalized spacial score (nSPS) is 14.4. The zero-order valence-corrected chi connectivity index (χ0v) is 17.0. The molecule has 33 heavy (non-hydrogen) atoms. The third-order valence-corrected chi connectivity index (χ3v) is 5.04. The predicted octanol–water partition coefficient (Wildman–Crippen LogP) is 3.77. The van der Waals surface area contributed by atoms with Crippen molar-refractivity contribution in [3.63, 3.8) is 0 Å². The fourth-order valence-corrected chi connectivity index (χ4v) is 3.09. The van der Waals surface area contributed by atoms with Crippen molar-refractivity contribution in [3.8, 4) is 17.2 Å². The number of pyridine rings is 1. The average molecular weight is 461 g/mol. The first kappa shape index (κ1) is 22.2. The third kappa shape index (κ3) is 5.08. The van der Waals surface area contributed by atoms with Gasteiger partial charge in [0.25, 0.3) is 5.91 Å². The largest absolute Gasteiger partial charge is 0.508 e. The Hall–Kier alpha value is -4.02. The Morgan fingerprint density at radius 3 is 2.58 bits per heavy atom. The van der Waals surface area contributed by atoms with E-state index in [1.807, 2.05) is 0 Å². The molecule has 3 N–H and O–H groups in total. The fourth-order valence-electron chi connectivity index (χ4n) is 3.09. The van der Waals surface area contributed by atoms with Crippen molar-refractivity contribution in [1.82, 2.24) is 15.6 Å². The number of nitrogens with zero attached hydrogens (tertiary/aromatic N) is 1. The summed E-state index contributed by atoms with van der Waals surface area (Å²) in [6, 6.07) is 7.07. The van der Waals surface area contributed by atoms with Crippen molar-refractivity contribution in [1.29, 1.82) is 0 Å². The number of nitrogens with one attached hydrogen (secondary N) is 2. The van der Waals surface area contributed by atoms with Crippen molar-refractivity contribution in [3.05, 3.63) is 71.9 Å². The Kier molecular flexibility index (Phi) is 5.71. The maximum atomic E-state index is 13.2. The van der Waals surface area contributed by atoms with Crippen LogP contribution in [-0.2, 0) is 17.5 Å². The second-order valence-electron chi connectivity index (χ2n) is 7.50. The first-order valence-electron chi connectivity index (χ1n) is 9.82. The summed E-state index contributed by atoms with van der Waals surface area (Å²) in [6.45, 7) is 0.0510. The number of alkyl halides is 3. The van der Waals surface area contributed by atoms with Gasteiger partial charge in [-0.05, 0) is 49.2 Å². The van der Waals surface area contributed by atoms with E-state index in [2.05, 4.69) is 15.6 Å². The Labute approximate surface area is 185 Å². The Morgan fingerprint density at radius 1 is 1.18 bits per heavy atom. The van der Waals surface area contributed by atoms with Crippen LogP contribution >= 0.6 is 0 Å². The standard InChI is InChI=1S/C22H18F3N3O5/c23-22(24,25)17-9-15(29)2-4-18(17)33-16-3-1-14(26-11-16)10-27-20(31)21(6-7-21)28-19(30)13-5-8-32-12-13/h1-5,8-9,11-12,29H,6-7,10H2,(H,27,31)(H,28,30). The third-order valence-electron chi connectivity index (χ3n) is 5.04. The maximum Gasteiger partial charge on any atom is 0.420 e. The Morgan fingerprint density at radius 2 is 1.97 bits per heavy atom. The average Bonchev–Trinajstić information content (AvgIpc) is 3.33. The number of hydrogen-bond donors (Lipinski definition) is 3. The monoisotopic (exact) mass is 461 g/mol. The van der Waals surface area contributed by atoms with Crippen LogP contribution in [-0.4, -0.2) is 27.4 Å². The maximum absolute atomic E-state index is 13.2. The van der Waals surface area contributed by atoms with Crippen LogP contribution < -0.4 is 15.4 Å². The molecular formula is C22H18F3N3O5. The number of aromatic hydroxyl groups is 1. The molecule has 3 aromatic rings. The number of carbonyl (C=O) groups excluding carboxylic acids is 2. The van der Waals surface area contributed by atoms with E-state index in [1.54, 1.807) is 0 Å². The summed E-state index contributed by atoms with van der Waals surface area (Å²) in [7, 11) is 0. The van der Waals surface area contributed by atoms with Crippen molar-refractivity contribution < 1.29 is 37.0 Å². The molecule has 0 saturated heterocycles. The van der Waals surface area contributed by atoms with Crippen molar-refractivity contribution in [2.75, 3.05) is 0 Å². The minimum atomic E-state index is -4.71. The van der Waals surface area contributed by atoms with Crippen molar-refractivity contribution in [2.45, 2.75) is 31.1 Å². The predicted molar refractivity (Wildman–Crippen MR) is 107 cm³/mol. The summed E-state index contributed by atoms with van der Waals surface area (Å²) in [5.41, 5.74) is -1.35. The summed E-state index contributed by atoms with van der Waals surface area (Å²) in [5, 5.41) is 14.7. The Balaban J connectivity index is 1.35. The fraction of sp³-hybridized carbons (Fsp3) is 0.227. The van der Waals surface area contributed by atoms with Gasteiger partial charge >= 0.3 is 6.18 Å². The molecule has 0 radical (unpaired) electrons. The lowest BCUT2D eigenvalue weighted by molar-refractivity contribution is -0.138. The molecule has 0 bridgehead atoms. The van der Waals surface area contributed by atoms with E-state index in [4.69, 9.17) is 9.15 Å². The second-order valence-corrected chi connectivity index (χ2v) is 7.50. The van der Waals surface area contributed by atoms with Gasteiger partial charge in [-0.15, -0.1) is 0 Å². The molecule has 1 aliphatic rings. The molecular weight excluding hydrogens is 443 g/mol. The first-order chi connectivity index (χ1) is 15.7. The van der Waals surface area contributed by atoms with Gasteiger partial charge in [-0.2, -0.15) is 13.2 Å². The van der Waals surface area contributed by atoms with Crippen molar-refractivity contribution >= 4 is 11.8 Å². The van der Waals surface area contributed by atoms with E-state index < -0.39 is 34.7 Å². The van der Waals surface area contributed by atoms with Gasteiger partial charge in [0.1, 0.15) is 34.6 Å². The minimum Gasteiger partial charge on any atom is -0.508 e. The number of aromatic nitrogens is 1. The molecule has 0 unspecified atom stereocenters. The van der Waals surface area contributed by atoms with Crippen LogP contribution in [0, 0.1) is 0 Å². The highest BCUT2D eigenvalue weighted by molar-refractivity contribution is 6.00. The van der Waals surface area contributed by atoms with Crippen LogP contribution in [0.2, 0.25) is 0 Å². The number of furan rings is 1. The number of rotatable bonds is 7. The van der Waals surface area contributed by atoms with Gasteiger partial charge in [-0.3, -0.25) is 14.6 Å². The summed E-state index contributed by atoms with van der Waals surface area (Å²) in [4.78, 5) is 28.8. The number of halogens is 3. The topological polar surface area (TPSA) is 114 Å². The van der Waals surface area contributed by atoms with Gasteiger partial charge in [0, 0.05) is 0 Å². The molecule has 1 aromatic carbocycles. The molecule has 1 aliphatic carbocycles. The SMILES string of the molecule is O=C(NC1(C(=O)NCc2ccc(Oc3ccc(O)cc3C(F)(F)F)cn2)CC1)c1ccoc1. The highest BCUT2D eigenvalue weighted by atomic mass is 19.4. The molecule has 172 valence electrons. The minimum absolute atomic E-state index is 0.0484. The lowest BCUT2D eigenvalue weighted by Crippen LogP contribution is -2.48. The van der Waals surface area contributed by atoms with Crippen LogP contribution in [0.4, 0.5) is 13.2 Å². The van der Waals surface area contributed by atoms with Crippen LogP contribution in [0.25, 0.3) is 0 Å². The molecule has 1 saturated carbocycles. The number of amides is 2. The first-order valence-corrected chi connectivity index (χ1v) is 9.82. The molecule has 0 spiro atoms. The quantitative estimate of drug-likeness (QED) is 0.494. The van der Waals surface area contributed by atoms with Gasteiger partial charge < -0.3 is 24.9 Å². The Bertz CT molecular complexity index is 1160. The van der Waals surface area contributed by atoms with Crippen LogP contribution in [0.3, 0.4) is 0 Å². The number of benzene rings is 1. The summed E-state index contributed by atoms with van der Waals surface area (Å²) in [6.07, 6.45) is 0.152. The molecule has 2 aromatic heterocycles. The van der Waals surface area contributed by atoms with Crippen LogP contribution in [0.5, 0.6) is 17.2 Å². The van der Waals surface area contributed by atoms with E-state index >= 15 is 0 Å². The smallest absolute Gasteiger partial charge is 0.420 e. The molecule has 1 fully saturated rings. The highest BCUT2D eigenvalue weighted by Gasteiger charge is 2.51. The van der Waals surface area contributed by atoms with Gasteiger partial charge in [0.2, 0.25) is 5.91 Å². The van der Waals surface area contributed by atoms with E-state index in [1.165, 1.54) is 36.9 Å². The second kappa shape index (κ2) is 8.49. The van der Waals surface area contributed by atoms with E-state index in [9.17, 15) is 27.9 Å². The molecule has 8 nitrogen and oxygen atoms in total. The van der Waals surface area contributed by atoms with Gasteiger partial charge in [0.15, 0.2) is 0 Å². The lowest BCUT2D eigenvalue weighted by Gasteiger charge is -2.17. The molecule has 2 amide bonds. The molecule has 0 atom stereocenters. The number of ether oxygens (including phenoxy) is 1. The highest BCUT2D eigenvalue weighted by Crippen LogP contribution is 2.40. The van der Waals surface area contributed by atoms with Crippen LogP contribution in [0.15, 0.2) is 59.5 Å². The zero-order valence-electron chi connectivity index (χ0n) is 17.0. The molecule has 11 heteroatoms. The number of hydrogen-bond acceptors (Lipinski definition) is 6. The molecule has 2 heterocycles. The van der Waals surface area contributed by atoms with E-state index in [0.29, 0.717) is 30.2 Å². The summed E-state index contributed by atoms with van der Waals surface area (Å²) in [5.74, 6) is -1.74. The number of phenols is 1. The van der Waals surface area contributed by atoms with Gasteiger partial charge in [-0.25, -0.2) is 0 Å². The van der Waals surface area contributed by atoms with Gasteiger partial charge in [-0.1, -0.05) is 0 Å². The van der Waals surface area contributed by atoms with Crippen molar-refractivity contribution in [2.24, 2.45) is 0 Å². The van der Waals surface area contributed by atoms with E-state index in [-0.39, 0.29) is 18.2 Å². The zero-order chi connectivity index (χ0) is 23.6. The lowest BCUT2D eigenvalue weighted by atomic mass is 10.2. The summed E-state index contributed by atoms with van der Waals surface area (Å²) < 4.78 is 49.6. The summed E-state index contributed by atoms with van der Waals surface area (Å²) >= 11 is 0. The van der Waals surface area contributed by atoms with Crippen LogP contribution in [0.1, 0.15) is 34.5 Å². The van der Waals surface area contributed by atoms with Gasteiger partial charge in [0.05, 0.1) is 30.3 Å².